The van der Waals surface area contributed by atoms with Gasteiger partial charge >= 0.3 is 0 Å². The highest BCUT2D eigenvalue weighted by Crippen LogP contribution is 2.13. The lowest BCUT2D eigenvalue weighted by molar-refractivity contribution is 0.518. The van der Waals surface area contributed by atoms with Crippen LogP contribution in [0.4, 0.5) is 0 Å². The number of pyridine rings is 1. The van der Waals surface area contributed by atoms with Crippen LogP contribution in [0.15, 0.2) is 51.0 Å². The van der Waals surface area contributed by atoms with E-state index < -0.39 is 15.6 Å². The van der Waals surface area contributed by atoms with Gasteiger partial charge in [0.2, 0.25) is 10.0 Å². The van der Waals surface area contributed by atoms with Gasteiger partial charge in [-0.05, 0) is 24.6 Å². The van der Waals surface area contributed by atoms with Gasteiger partial charge in [0, 0.05) is 26.4 Å². The first-order chi connectivity index (χ1) is 12.2. The van der Waals surface area contributed by atoms with Crippen molar-refractivity contribution in [3.8, 4) is 0 Å². The zero-order valence-electron chi connectivity index (χ0n) is 14.6. The minimum atomic E-state index is -3.68. The first-order valence-corrected chi connectivity index (χ1v) is 9.25. The van der Waals surface area contributed by atoms with Crippen molar-refractivity contribution < 1.29 is 8.42 Å². The van der Waals surface area contributed by atoms with E-state index in [0.29, 0.717) is 10.9 Å². The maximum Gasteiger partial charge on any atom is 0.258 e. The maximum absolute atomic E-state index is 12.3. The van der Waals surface area contributed by atoms with Gasteiger partial charge in [0.15, 0.2) is 0 Å². The lowest BCUT2D eigenvalue weighted by Gasteiger charge is -2.13. The number of para-hydroxylation sites is 1. The molecule has 0 bridgehead atoms. The Kier molecular flexibility index (Phi) is 4.51. The topological polar surface area (TPSA) is 105 Å². The molecule has 3 aromatic rings. The van der Waals surface area contributed by atoms with Crippen molar-refractivity contribution in [2.24, 2.45) is 0 Å². The van der Waals surface area contributed by atoms with Gasteiger partial charge in [0.1, 0.15) is 5.82 Å². The summed E-state index contributed by atoms with van der Waals surface area (Å²) in [6.45, 7) is 1.80. The van der Waals surface area contributed by atoms with Crippen molar-refractivity contribution in [2.75, 3.05) is 14.1 Å². The van der Waals surface area contributed by atoms with E-state index in [4.69, 9.17) is 0 Å². The van der Waals surface area contributed by atoms with E-state index >= 15 is 0 Å². The normalized spacial score (nSPS) is 12.0. The fourth-order valence-electron chi connectivity index (χ4n) is 2.58. The molecule has 0 atom stereocenters. The first kappa shape index (κ1) is 18.0. The molecule has 0 saturated carbocycles. The number of rotatable bonds is 4. The summed E-state index contributed by atoms with van der Waals surface area (Å²) in [4.78, 5) is 31.4. The molecule has 0 fully saturated rings. The largest absolute Gasteiger partial charge is 0.308 e. The molecule has 2 heterocycles. The molecule has 0 amide bonds. The summed E-state index contributed by atoms with van der Waals surface area (Å²) in [6, 6.07) is 7.73. The Hall–Kier alpha value is -2.78. The molecule has 3 rings (SSSR count). The predicted octanol–water partition coefficient (Wildman–Crippen LogP) is 0.692. The van der Waals surface area contributed by atoms with Gasteiger partial charge in [-0.15, -0.1) is 0 Å². The second kappa shape index (κ2) is 6.50. The molecule has 8 nitrogen and oxygen atoms in total. The van der Waals surface area contributed by atoms with Crippen molar-refractivity contribution in [3.05, 3.63) is 68.6 Å². The lowest BCUT2D eigenvalue weighted by atomic mass is 10.1. The Morgan fingerprint density at radius 1 is 1.15 bits per heavy atom. The first-order valence-electron chi connectivity index (χ1n) is 7.81. The molecule has 1 N–H and O–H groups in total. The third-order valence-electron chi connectivity index (χ3n) is 4.04. The molecule has 0 saturated heterocycles. The number of nitrogens with one attached hydrogen (secondary N) is 1. The van der Waals surface area contributed by atoms with Crippen molar-refractivity contribution in [1.82, 2.24) is 18.8 Å². The number of aryl methyl sites for hydroxylation is 1. The monoisotopic (exact) mass is 374 g/mol. The number of hydrogen-bond acceptors (Lipinski definition) is 5. The molecular weight excluding hydrogens is 356 g/mol. The van der Waals surface area contributed by atoms with Gasteiger partial charge in [-0.1, -0.05) is 12.1 Å². The minimum Gasteiger partial charge on any atom is -0.308 e. The quantitative estimate of drug-likeness (QED) is 0.723. The van der Waals surface area contributed by atoms with Gasteiger partial charge in [-0.3, -0.25) is 9.59 Å². The number of fused-ring (bicyclic) bond motifs is 1. The summed E-state index contributed by atoms with van der Waals surface area (Å²) in [5, 5.41) is 0.463. The second-order valence-electron chi connectivity index (χ2n) is 6.10. The summed E-state index contributed by atoms with van der Waals surface area (Å²) in [5.41, 5.74) is 0.691. The van der Waals surface area contributed by atoms with Crippen molar-refractivity contribution in [3.63, 3.8) is 0 Å². The van der Waals surface area contributed by atoms with Crippen LogP contribution in [0, 0.1) is 6.92 Å². The highest BCUT2D eigenvalue weighted by molar-refractivity contribution is 7.89. The average molecular weight is 374 g/mol. The molecule has 0 unspecified atom stereocenters. The minimum absolute atomic E-state index is 0.0126. The van der Waals surface area contributed by atoms with Crippen molar-refractivity contribution in [2.45, 2.75) is 18.4 Å². The van der Waals surface area contributed by atoms with Crippen LogP contribution in [0.25, 0.3) is 10.9 Å². The molecular formula is C17H18N4O4S. The van der Waals surface area contributed by atoms with E-state index in [-0.39, 0.29) is 22.8 Å². The second-order valence-corrected chi connectivity index (χ2v) is 8.25. The molecule has 0 aliphatic carbocycles. The van der Waals surface area contributed by atoms with E-state index in [0.717, 1.165) is 9.87 Å². The molecule has 26 heavy (non-hydrogen) atoms. The Bertz CT molecular complexity index is 1210. The zero-order valence-corrected chi connectivity index (χ0v) is 15.4. The SMILES string of the molecule is Cc1cccc2c(=O)[nH]c(Cn3cc(S(=O)(=O)N(C)C)ccc3=O)nc12. The Morgan fingerprint density at radius 3 is 2.58 bits per heavy atom. The van der Waals surface area contributed by atoms with E-state index in [9.17, 15) is 18.0 Å². The van der Waals surface area contributed by atoms with Gasteiger partial charge in [0.25, 0.3) is 11.1 Å². The molecule has 0 aliphatic heterocycles. The van der Waals surface area contributed by atoms with Crippen LogP contribution in [-0.4, -0.2) is 41.4 Å². The summed E-state index contributed by atoms with van der Waals surface area (Å²) in [6.07, 6.45) is 1.25. The summed E-state index contributed by atoms with van der Waals surface area (Å²) in [7, 11) is -0.851. The number of nitrogens with zero attached hydrogens (tertiary/aromatic N) is 3. The number of benzene rings is 1. The van der Waals surface area contributed by atoms with Crippen LogP contribution in [-0.2, 0) is 16.6 Å². The van der Waals surface area contributed by atoms with Gasteiger partial charge in [-0.25, -0.2) is 17.7 Å². The smallest absolute Gasteiger partial charge is 0.258 e. The van der Waals surface area contributed by atoms with Crippen LogP contribution in [0.1, 0.15) is 11.4 Å². The van der Waals surface area contributed by atoms with Crippen LogP contribution < -0.4 is 11.1 Å². The van der Waals surface area contributed by atoms with E-state index in [1.165, 1.54) is 37.0 Å². The summed E-state index contributed by atoms with van der Waals surface area (Å²) in [5.74, 6) is 0.276. The Morgan fingerprint density at radius 2 is 1.88 bits per heavy atom. The Labute approximate surface area is 149 Å². The van der Waals surface area contributed by atoms with E-state index in [1.807, 2.05) is 13.0 Å². The Balaban J connectivity index is 2.10. The third-order valence-corrected chi connectivity index (χ3v) is 5.84. The fraction of sp³-hybridized carbons (Fsp3) is 0.235. The molecule has 136 valence electrons. The van der Waals surface area contributed by atoms with Crippen LogP contribution >= 0.6 is 0 Å². The van der Waals surface area contributed by atoms with Gasteiger partial charge in [-0.2, -0.15) is 0 Å². The molecule has 0 spiro atoms. The van der Waals surface area contributed by atoms with Crippen molar-refractivity contribution >= 4 is 20.9 Å². The third kappa shape index (κ3) is 3.18. The van der Waals surface area contributed by atoms with E-state index in [2.05, 4.69) is 9.97 Å². The van der Waals surface area contributed by atoms with Crippen LogP contribution in [0.3, 0.4) is 0 Å². The van der Waals surface area contributed by atoms with Gasteiger partial charge in [0.05, 0.1) is 22.3 Å². The number of aromatic nitrogens is 3. The number of aromatic amines is 1. The summed E-state index contributed by atoms with van der Waals surface area (Å²) >= 11 is 0. The lowest BCUT2D eigenvalue weighted by Crippen LogP contribution is -2.27. The number of H-pyrrole nitrogens is 1. The van der Waals surface area contributed by atoms with Crippen molar-refractivity contribution in [1.29, 1.82) is 0 Å². The number of hydrogen-bond donors (Lipinski definition) is 1. The summed E-state index contributed by atoms with van der Waals surface area (Å²) < 4.78 is 26.8. The zero-order chi connectivity index (χ0) is 19.1. The molecule has 2 aromatic heterocycles. The van der Waals surface area contributed by atoms with Crippen LogP contribution in [0.5, 0.6) is 0 Å². The molecule has 0 radical (unpaired) electrons. The van der Waals surface area contributed by atoms with Gasteiger partial charge < -0.3 is 9.55 Å². The molecule has 1 aromatic carbocycles. The van der Waals surface area contributed by atoms with Crippen LogP contribution in [0.2, 0.25) is 0 Å². The standard InChI is InChI=1S/C17H18N4O4S/c1-11-5-4-6-13-16(11)18-14(19-17(13)23)10-21-9-12(7-8-15(21)22)26(24,25)20(2)3/h4-9H,10H2,1-3H3,(H,18,19,23). The van der Waals surface area contributed by atoms with E-state index in [1.54, 1.807) is 12.1 Å². The highest BCUT2D eigenvalue weighted by atomic mass is 32.2. The average Bonchev–Trinajstić information content (AvgIpc) is 2.57. The molecule has 0 aliphatic rings. The highest BCUT2D eigenvalue weighted by Gasteiger charge is 2.18. The maximum atomic E-state index is 12.3. The molecule has 9 heteroatoms. The predicted molar refractivity (Wildman–Crippen MR) is 97.8 cm³/mol. The fourth-order valence-corrected chi connectivity index (χ4v) is 3.51. The number of sulfonamides is 1.